The summed E-state index contributed by atoms with van der Waals surface area (Å²) in [5, 5.41) is 9.51. The maximum absolute atomic E-state index is 8.49. The fourth-order valence-electron chi connectivity index (χ4n) is 1.18. The van der Waals surface area contributed by atoms with Gasteiger partial charge in [-0.3, -0.25) is 0 Å². The van der Waals surface area contributed by atoms with Crippen LogP contribution in [0.5, 0.6) is 0 Å². The van der Waals surface area contributed by atoms with Crippen LogP contribution in [0.2, 0.25) is 8.67 Å². The smallest absolute Gasteiger partial charge is 0.0931 e. The zero-order valence-corrected chi connectivity index (χ0v) is 14.3. The average Bonchev–Trinajstić information content (AvgIpc) is 2.90. The fraction of sp³-hybridized carbons (Fsp3) is 0.333. The Kier molecular flexibility index (Phi) is 8.55. The molecule has 0 spiro atoms. The maximum Gasteiger partial charge on any atom is 0.0931 e. The fourth-order valence-corrected chi connectivity index (χ4v) is 4.03. The minimum atomic E-state index is 0.205. The van der Waals surface area contributed by atoms with Crippen molar-refractivity contribution >= 4 is 61.8 Å². The molecule has 0 saturated heterocycles. The normalized spacial score (nSPS) is 10.0. The Hall–Kier alpha value is 0.420. The predicted octanol–water partition coefficient (Wildman–Crippen LogP) is 5.28. The molecule has 0 aromatic carbocycles. The number of aryl methyl sites for hydroxylation is 1. The lowest BCUT2D eigenvalue weighted by Gasteiger charge is -1.86. The highest BCUT2D eigenvalue weighted by Crippen LogP contribution is 2.22. The van der Waals surface area contributed by atoms with Crippen LogP contribution in [0.1, 0.15) is 9.75 Å². The van der Waals surface area contributed by atoms with Crippen molar-refractivity contribution < 1.29 is 5.11 Å². The van der Waals surface area contributed by atoms with Crippen molar-refractivity contribution in [1.82, 2.24) is 0 Å². The molecular formula is C12H13BrCl2OS2. The van der Waals surface area contributed by atoms with Gasteiger partial charge in [-0.2, -0.15) is 0 Å². The second-order valence-corrected chi connectivity index (χ2v) is 7.72. The Labute approximate surface area is 134 Å². The van der Waals surface area contributed by atoms with Crippen molar-refractivity contribution in [2.24, 2.45) is 0 Å². The maximum atomic E-state index is 8.49. The van der Waals surface area contributed by atoms with Crippen LogP contribution in [0.15, 0.2) is 24.3 Å². The van der Waals surface area contributed by atoms with Crippen LogP contribution in [-0.2, 0) is 12.8 Å². The summed E-state index contributed by atoms with van der Waals surface area (Å²) >= 11 is 17.9. The molecule has 2 heterocycles. The van der Waals surface area contributed by atoms with E-state index in [9.17, 15) is 0 Å². The van der Waals surface area contributed by atoms with Crippen LogP contribution in [0.25, 0.3) is 0 Å². The molecule has 6 heteroatoms. The van der Waals surface area contributed by atoms with Gasteiger partial charge in [0, 0.05) is 28.1 Å². The van der Waals surface area contributed by atoms with Gasteiger partial charge in [-0.05, 0) is 30.7 Å². The standard InChI is InChI=1S/C6H6BrClS.C6H7ClOS/c7-4-3-5-1-2-6(8)9-5;7-6-2-1-5(9-6)3-4-8/h1-2H,3-4H2;1-2,8H,3-4H2. The number of halogens is 3. The topological polar surface area (TPSA) is 20.2 Å². The van der Waals surface area contributed by atoms with Gasteiger partial charge in [0.2, 0.25) is 0 Å². The minimum Gasteiger partial charge on any atom is -0.396 e. The number of thiophene rings is 2. The molecule has 0 bridgehead atoms. The predicted molar refractivity (Wildman–Crippen MR) is 86.9 cm³/mol. The van der Waals surface area contributed by atoms with Crippen LogP contribution < -0.4 is 0 Å². The monoisotopic (exact) mass is 386 g/mol. The summed E-state index contributed by atoms with van der Waals surface area (Å²) in [4.78, 5) is 2.49. The summed E-state index contributed by atoms with van der Waals surface area (Å²) in [6.07, 6.45) is 1.80. The van der Waals surface area contributed by atoms with E-state index >= 15 is 0 Å². The van der Waals surface area contributed by atoms with E-state index < -0.39 is 0 Å². The SMILES string of the molecule is Clc1ccc(CCBr)s1.OCCc1ccc(Cl)s1. The van der Waals surface area contributed by atoms with Gasteiger partial charge < -0.3 is 5.11 Å². The number of hydrogen-bond donors (Lipinski definition) is 1. The molecule has 1 N–H and O–H groups in total. The van der Waals surface area contributed by atoms with Gasteiger partial charge in [-0.1, -0.05) is 39.1 Å². The Morgan fingerprint density at radius 1 is 0.944 bits per heavy atom. The van der Waals surface area contributed by atoms with Crippen LogP contribution in [0.3, 0.4) is 0 Å². The van der Waals surface area contributed by atoms with Crippen LogP contribution >= 0.6 is 61.8 Å². The number of alkyl halides is 1. The van der Waals surface area contributed by atoms with Gasteiger partial charge in [0.05, 0.1) is 8.67 Å². The van der Waals surface area contributed by atoms with Crippen molar-refractivity contribution in [2.45, 2.75) is 12.8 Å². The van der Waals surface area contributed by atoms with Crippen molar-refractivity contribution in [3.05, 3.63) is 42.7 Å². The Bertz CT molecular complexity index is 414. The highest BCUT2D eigenvalue weighted by atomic mass is 79.9. The number of aliphatic hydroxyl groups is 1. The molecule has 100 valence electrons. The second kappa shape index (κ2) is 9.34. The van der Waals surface area contributed by atoms with Gasteiger partial charge in [0.15, 0.2) is 0 Å². The number of hydrogen-bond acceptors (Lipinski definition) is 3. The molecule has 0 fully saturated rings. The Morgan fingerprint density at radius 2 is 1.44 bits per heavy atom. The third kappa shape index (κ3) is 6.55. The average molecular weight is 388 g/mol. The van der Waals surface area contributed by atoms with Crippen molar-refractivity contribution in [2.75, 3.05) is 11.9 Å². The molecule has 2 aromatic heterocycles. The Balaban J connectivity index is 0.000000180. The van der Waals surface area contributed by atoms with Gasteiger partial charge in [-0.25, -0.2) is 0 Å². The molecule has 0 atom stereocenters. The van der Waals surface area contributed by atoms with Gasteiger partial charge >= 0.3 is 0 Å². The van der Waals surface area contributed by atoms with E-state index in [1.165, 1.54) is 16.2 Å². The summed E-state index contributed by atoms with van der Waals surface area (Å²) in [6, 6.07) is 7.78. The van der Waals surface area contributed by atoms with Crippen molar-refractivity contribution in [3.63, 3.8) is 0 Å². The lowest BCUT2D eigenvalue weighted by molar-refractivity contribution is 0.300. The zero-order chi connectivity index (χ0) is 13.4. The zero-order valence-electron chi connectivity index (χ0n) is 9.54. The summed E-state index contributed by atoms with van der Waals surface area (Å²) < 4.78 is 1.67. The third-order valence-electron chi connectivity index (χ3n) is 1.96. The highest BCUT2D eigenvalue weighted by molar-refractivity contribution is 9.09. The first-order chi connectivity index (χ1) is 8.65. The minimum absolute atomic E-state index is 0.205. The quantitative estimate of drug-likeness (QED) is 0.708. The molecule has 0 aliphatic carbocycles. The molecular weight excluding hydrogens is 375 g/mol. The van der Waals surface area contributed by atoms with Crippen LogP contribution in [-0.4, -0.2) is 17.0 Å². The summed E-state index contributed by atoms with van der Waals surface area (Å²) in [5.41, 5.74) is 0. The van der Waals surface area contributed by atoms with Crippen molar-refractivity contribution in [3.8, 4) is 0 Å². The van der Waals surface area contributed by atoms with E-state index in [1.54, 1.807) is 11.3 Å². The van der Waals surface area contributed by atoms with E-state index in [0.29, 0.717) is 0 Å². The van der Waals surface area contributed by atoms with Gasteiger partial charge in [0.25, 0.3) is 0 Å². The lowest BCUT2D eigenvalue weighted by atomic mass is 10.4. The first-order valence-electron chi connectivity index (χ1n) is 5.31. The van der Waals surface area contributed by atoms with Crippen LogP contribution in [0.4, 0.5) is 0 Å². The molecule has 2 aromatic rings. The molecule has 0 saturated carbocycles. The first-order valence-corrected chi connectivity index (χ1v) is 8.82. The van der Waals surface area contributed by atoms with E-state index in [0.717, 1.165) is 31.7 Å². The van der Waals surface area contributed by atoms with Crippen LogP contribution in [0, 0.1) is 0 Å². The molecule has 2 rings (SSSR count). The largest absolute Gasteiger partial charge is 0.396 e. The van der Waals surface area contributed by atoms with E-state index in [4.69, 9.17) is 28.3 Å². The Morgan fingerprint density at radius 3 is 1.78 bits per heavy atom. The van der Waals surface area contributed by atoms with E-state index in [2.05, 4.69) is 22.0 Å². The second-order valence-electron chi connectivity index (χ2n) is 3.32. The molecule has 0 aliphatic rings. The highest BCUT2D eigenvalue weighted by Gasteiger charge is 1.95. The summed E-state index contributed by atoms with van der Waals surface area (Å²) in [5.74, 6) is 0. The summed E-state index contributed by atoms with van der Waals surface area (Å²) in [7, 11) is 0. The molecule has 0 aliphatic heterocycles. The van der Waals surface area contributed by atoms with Crippen molar-refractivity contribution in [1.29, 1.82) is 0 Å². The molecule has 0 radical (unpaired) electrons. The number of aliphatic hydroxyl groups excluding tert-OH is 1. The van der Waals surface area contributed by atoms with E-state index in [-0.39, 0.29) is 6.61 Å². The number of rotatable bonds is 4. The molecule has 18 heavy (non-hydrogen) atoms. The summed E-state index contributed by atoms with van der Waals surface area (Å²) in [6.45, 7) is 0.205. The lowest BCUT2D eigenvalue weighted by Crippen LogP contribution is -1.84. The van der Waals surface area contributed by atoms with E-state index in [1.807, 2.05) is 18.2 Å². The first kappa shape index (κ1) is 16.5. The molecule has 1 nitrogen and oxygen atoms in total. The van der Waals surface area contributed by atoms with Gasteiger partial charge in [-0.15, -0.1) is 22.7 Å². The molecule has 0 unspecified atom stereocenters. The molecule has 0 amide bonds. The third-order valence-corrected chi connectivity index (χ3v) is 4.94. The van der Waals surface area contributed by atoms with Gasteiger partial charge in [0.1, 0.15) is 0 Å².